The van der Waals surface area contributed by atoms with Crippen LogP contribution in [-0.4, -0.2) is 5.84 Å². The van der Waals surface area contributed by atoms with Crippen LogP contribution >= 0.6 is 0 Å². The Bertz CT molecular complexity index is 3610. The number of anilines is 4. The highest BCUT2D eigenvalue weighted by atomic mass is 15.3. The molecule has 5 aliphatic rings. The van der Waals surface area contributed by atoms with Gasteiger partial charge < -0.3 is 15.2 Å². The Hall–Kier alpha value is -8.77. The number of hydrogen-bond acceptors (Lipinski definition) is 4. The molecule has 0 aromatic heterocycles. The van der Waals surface area contributed by atoms with Gasteiger partial charge in [0, 0.05) is 33.8 Å². The molecule has 11 rings (SSSR count). The molecule has 0 spiro atoms. The molecule has 5 nitrogen and oxygen atoms in total. The molecule has 77 heavy (non-hydrogen) atoms. The second-order valence-corrected chi connectivity index (χ2v) is 20.1. The number of nitrogens with one attached hydrogen (secondary N) is 1. The third-order valence-corrected chi connectivity index (χ3v) is 15.1. The SMILES string of the molecule is C=C/C=C(\C=C1\C=Cc2cc(-c3ccc4c(c3)C=CC3=C(CCC=C3)N4c3cccc(C(N=C(NN)/C(C=C)=C/C=C\C)c4ccccc4)c3)ccc2N1c1ccc2c(c1)C(C)(C)c1ccccc1-2)C1=CCCC=C1.CC. The Labute approximate surface area is 457 Å². The fourth-order valence-corrected chi connectivity index (χ4v) is 11.4. The van der Waals surface area contributed by atoms with Crippen LogP contribution in [0.4, 0.5) is 22.7 Å². The van der Waals surface area contributed by atoms with Crippen LogP contribution in [0, 0.1) is 0 Å². The first-order valence-electron chi connectivity index (χ1n) is 27.2. The van der Waals surface area contributed by atoms with Gasteiger partial charge in [0.05, 0.1) is 11.4 Å². The summed E-state index contributed by atoms with van der Waals surface area (Å²) in [5.41, 5.74) is 26.0. The van der Waals surface area contributed by atoms with E-state index in [0.717, 1.165) is 98.7 Å². The molecule has 2 aliphatic heterocycles. The van der Waals surface area contributed by atoms with E-state index in [4.69, 9.17) is 10.8 Å². The van der Waals surface area contributed by atoms with Crippen molar-refractivity contribution < 1.29 is 0 Å². The lowest BCUT2D eigenvalue weighted by atomic mass is 9.82. The van der Waals surface area contributed by atoms with Crippen LogP contribution in [0.2, 0.25) is 0 Å². The summed E-state index contributed by atoms with van der Waals surface area (Å²) in [4.78, 5) is 10.2. The van der Waals surface area contributed by atoms with Gasteiger partial charge in [0.15, 0.2) is 0 Å². The number of hydrogen-bond donors (Lipinski definition) is 2. The zero-order valence-electron chi connectivity index (χ0n) is 45.2. The first-order chi connectivity index (χ1) is 37.8. The Balaban J connectivity index is 0.00000332. The lowest BCUT2D eigenvalue weighted by molar-refractivity contribution is 0.660. The van der Waals surface area contributed by atoms with Gasteiger partial charge in [-0.3, -0.25) is 4.99 Å². The number of benzene rings is 6. The van der Waals surface area contributed by atoms with Crippen molar-refractivity contribution >= 4 is 40.7 Å². The molecule has 6 aromatic rings. The minimum absolute atomic E-state index is 0.135. The molecule has 1 unspecified atom stereocenters. The fraction of sp³-hybridized carbons (Fsp3) is 0.153. The Morgan fingerprint density at radius 2 is 1.36 bits per heavy atom. The molecule has 1 atom stereocenters. The van der Waals surface area contributed by atoms with Crippen LogP contribution in [0.1, 0.15) is 99.7 Å². The van der Waals surface area contributed by atoms with Crippen molar-refractivity contribution in [1.82, 2.24) is 5.43 Å². The molecular formula is C72H69N5. The Kier molecular flexibility index (Phi) is 15.4. The quantitative estimate of drug-likeness (QED) is 0.0422. The first-order valence-corrected chi connectivity index (χ1v) is 27.2. The van der Waals surface area contributed by atoms with Crippen LogP contribution in [0.15, 0.2) is 270 Å². The van der Waals surface area contributed by atoms with Crippen molar-refractivity contribution in [3.8, 4) is 22.3 Å². The number of fused-ring (bicyclic) bond motifs is 5. The van der Waals surface area contributed by atoms with E-state index in [0.29, 0.717) is 5.84 Å². The van der Waals surface area contributed by atoms with E-state index < -0.39 is 0 Å². The molecule has 0 fully saturated rings. The lowest BCUT2D eigenvalue weighted by Crippen LogP contribution is -2.32. The van der Waals surface area contributed by atoms with Crippen LogP contribution in [0.3, 0.4) is 0 Å². The van der Waals surface area contributed by atoms with Gasteiger partial charge in [-0.15, -0.1) is 0 Å². The molecule has 382 valence electrons. The average Bonchev–Trinajstić information content (AvgIpc) is 3.75. The zero-order chi connectivity index (χ0) is 53.5. The fourth-order valence-electron chi connectivity index (χ4n) is 11.4. The molecule has 0 amide bonds. The van der Waals surface area contributed by atoms with E-state index in [-0.39, 0.29) is 11.5 Å². The number of allylic oxidation sites excluding steroid dienone is 17. The van der Waals surface area contributed by atoms with Gasteiger partial charge in [-0.25, -0.2) is 5.84 Å². The predicted octanol–water partition coefficient (Wildman–Crippen LogP) is 18.5. The number of rotatable bonds is 12. The maximum atomic E-state index is 6.19. The Morgan fingerprint density at radius 1 is 0.662 bits per heavy atom. The van der Waals surface area contributed by atoms with Crippen LogP contribution < -0.4 is 21.1 Å². The maximum absolute atomic E-state index is 6.19. The van der Waals surface area contributed by atoms with Crippen LogP contribution in [-0.2, 0) is 5.41 Å². The molecule has 6 aromatic carbocycles. The number of hydrazine groups is 1. The highest BCUT2D eigenvalue weighted by molar-refractivity contribution is 6.01. The second kappa shape index (κ2) is 23.0. The van der Waals surface area contributed by atoms with Crippen molar-refractivity contribution in [2.24, 2.45) is 10.8 Å². The maximum Gasteiger partial charge on any atom is 0.143 e. The van der Waals surface area contributed by atoms with Gasteiger partial charge in [-0.05, 0) is 166 Å². The van der Waals surface area contributed by atoms with Crippen LogP contribution in [0.5, 0.6) is 0 Å². The van der Waals surface area contributed by atoms with Crippen LogP contribution in [0.25, 0.3) is 34.4 Å². The summed E-state index contributed by atoms with van der Waals surface area (Å²) >= 11 is 0. The number of amidine groups is 1. The number of nitrogens with two attached hydrogens (primary N) is 1. The monoisotopic (exact) mass is 1000 g/mol. The minimum atomic E-state index is -0.345. The predicted molar refractivity (Wildman–Crippen MR) is 330 cm³/mol. The summed E-state index contributed by atoms with van der Waals surface area (Å²) in [7, 11) is 0. The number of aliphatic imine (C=N–C) groups is 1. The van der Waals surface area contributed by atoms with E-state index in [9.17, 15) is 0 Å². The standard InChI is InChI=1S/C70H63N5.C2H6/c1-6-9-22-48(8-3)69(73-71)72-68(51-26-14-11-15-27-51)57-28-20-29-58(46-57)75-65-32-19-16-25-50(65)33-34-55-43-54(37-42-67(55)75)53-36-41-66-56(44-53)35-38-59(45-52(21-7-2)49-23-12-10-13-24-49)74(66)60-39-40-62-61-30-17-18-31-63(61)70(4,5)64(62)47-60;1-2/h6-9,11-12,14-18,20-31,33-47,68H,2-3,10,13,19,32,71H2,1,4-5H3,(H,72,73);1-2H3/b9-6-,48-22+,52-21+,59-45-;. The van der Waals surface area contributed by atoms with Crippen molar-refractivity contribution in [2.75, 3.05) is 9.80 Å². The van der Waals surface area contributed by atoms with E-state index >= 15 is 0 Å². The van der Waals surface area contributed by atoms with Crippen molar-refractivity contribution in [3.05, 3.63) is 299 Å². The first kappa shape index (κ1) is 51.7. The second-order valence-electron chi connectivity index (χ2n) is 20.1. The van der Waals surface area contributed by atoms with Gasteiger partial charge in [0.2, 0.25) is 0 Å². The molecule has 3 N–H and O–H groups in total. The van der Waals surface area contributed by atoms with Crippen molar-refractivity contribution in [1.29, 1.82) is 0 Å². The normalized spacial score (nSPS) is 17.1. The molecule has 5 heteroatoms. The largest absolute Gasteiger partial charge is 0.313 e. The van der Waals surface area contributed by atoms with Crippen molar-refractivity contribution in [2.45, 2.75) is 71.8 Å². The zero-order valence-corrected chi connectivity index (χ0v) is 45.2. The van der Waals surface area contributed by atoms with Crippen molar-refractivity contribution in [3.63, 3.8) is 0 Å². The minimum Gasteiger partial charge on any atom is -0.313 e. The van der Waals surface area contributed by atoms with E-state index in [1.165, 1.54) is 39.1 Å². The lowest BCUT2D eigenvalue weighted by Gasteiger charge is -2.33. The average molecular weight is 1000 g/mol. The summed E-state index contributed by atoms with van der Waals surface area (Å²) in [5, 5.41) is 0. The summed E-state index contributed by atoms with van der Waals surface area (Å²) in [5.74, 6) is 6.75. The van der Waals surface area contributed by atoms with Gasteiger partial charge in [-0.2, -0.15) is 0 Å². The van der Waals surface area contributed by atoms with Gasteiger partial charge in [0.1, 0.15) is 11.9 Å². The smallest absolute Gasteiger partial charge is 0.143 e. The van der Waals surface area contributed by atoms with E-state index in [1.54, 1.807) is 6.08 Å². The highest BCUT2D eigenvalue weighted by Crippen LogP contribution is 2.51. The highest BCUT2D eigenvalue weighted by Gasteiger charge is 2.36. The molecule has 0 saturated heterocycles. The molecular weight excluding hydrogens is 935 g/mol. The summed E-state index contributed by atoms with van der Waals surface area (Å²) in [6.45, 7) is 18.9. The molecule has 3 aliphatic carbocycles. The molecule has 0 bridgehead atoms. The summed E-state index contributed by atoms with van der Waals surface area (Å²) in [6, 6.07) is 48.7. The topological polar surface area (TPSA) is 56.9 Å². The summed E-state index contributed by atoms with van der Waals surface area (Å²) < 4.78 is 0. The van der Waals surface area contributed by atoms with E-state index in [2.05, 4.69) is 236 Å². The Morgan fingerprint density at radius 3 is 2.09 bits per heavy atom. The van der Waals surface area contributed by atoms with Gasteiger partial charge in [0.25, 0.3) is 0 Å². The number of nitrogens with zero attached hydrogens (tertiary/aromatic N) is 3. The molecule has 2 heterocycles. The summed E-state index contributed by atoms with van der Waals surface area (Å²) in [6.07, 6.45) is 38.6. The third kappa shape index (κ3) is 10.2. The molecule has 0 radical (unpaired) electrons. The molecule has 0 saturated carbocycles. The van der Waals surface area contributed by atoms with E-state index in [1.807, 2.05) is 51.1 Å². The van der Waals surface area contributed by atoms with Gasteiger partial charge in [-0.1, -0.05) is 211 Å². The van der Waals surface area contributed by atoms with Gasteiger partial charge >= 0.3 is 0 Å². The third-order valence-electron chi connectivity index (χ3n) is 15.1.